The number of carbonyl (C=O) groups excluding carboxylic acids is 2. The van der Waals surface area contributed by atoms with Crippen molar-refractivity contribution >= 4 is 51.1 Å². The van der Waals surface area contributed by atoms with E-state index in [2.05, 4.69) is 4.74 Å². The molecule has 9 nitrogen and oxygen atoms in total. The van der Waals surface area contributed by atoms with Crippen LogP contribution >= 0.6 is 23.2 Å². The van der Waals surface area contributed by atoms with Crippen molar-refractivity contribution in [3.63, 3.8) is 0 Å². The van der Waals surface area contributed by atoms with Crippen LogP contribution in [0.25, 0.3) is 0 Å². The van der Waals surface area contributed by atoms with Crippen molar-refractivity contribution in [2.75, 3.05) is 0 Å². The number of carbonyl (C=O) groups is 3. The Morgan fingerprint density at radius 1 is 1.24 bits per heavy atom. The monoisotopic (exact) mass is 536 g/mol. The Hall–Kier alpha value is -2.96. The first-order valence-corrected chi connectivity index (χ1v) is 11.5. The topological polar surface area (TPSA) is 141 Å². The van der Waals surface area contributed by atoms with Crippen molar-refractivity contribution in [1.29, 1.82) is 0 Å². The summed E-state index contributed by atoms with van der Waals surface area (Å²) < 4.78 is 58.1. The molecule has 0 unspecified atom stereocenters. The molecule has 1 aliphatic heterocycles. The Labute approximate surface area is 201 Å². The van der Waals surface area contributed by atoms with Gasteiger partial charge in [0, 0.05) is 11.6 Å². The summed E-state index contributed by atoms with van der Waals surface area (Å²) in [6.07, 6.45) is -4.66. The van der Waals surface area contributed by atoms with Crippen LogP contribution in [-0.2, 0) is 21.4 Å². The van der Waals surface area contributed by atoms with Crippen molar-refractivity contribution in [3.8, 4) is 5.75 Å². The lowest BCUT2D eigenvalue weighted by Crippen LogP contribution is -2.34. The summed E-state index contributed by atoms with van der Waals surface area (Å²) in [5.74, 6) is -6.67. The zero-order valence-corrected chi connectivity index (χ0v) is 19.6. The number of amides is 1. The lowest BCUT2D eigenvalue weighted by atomic mass is 9.96. The van der Waals surface area contributed by atoms with Gasteiger partial charge in [-0.15, -0.1) is 0 Å². The molecule has 34 heavy (non-hydrogen) atoms. The van der Waals surface area contributed by atoms with E-state index in [-0.39, 0.29) is 21.7 Å². The lowest BCUT2D eigenvalue weighted by Gasteiger charge is -2.18. The van der Waals surface area contributed by atoms with Crippen LogP contribution in [-0.4, -0.2) is 41.8 Å². The molecule has 3 rings (SSSR count). The van der Waals surface area contributed by atoms with Crippen LogP contribution in [0.5, 0.6) is 5.75 Å². The molecule has 0 atom stereocenters. The average molecular weight is 537 g/mol. The van der Waals surface area contributed by atoms with Crippen LogP contribution in [0.15, 0.2) is 29.2 Å². The van der Waals surface area contributed by atoms with Gasteiger partial charge in [0.1, 0.15) is 10.6 Å². The summed E-state index contributed by atoms with van der Waals surface area (Å²) >= 11 is 11.8. The van der Waals surface area contributed by atoms with Crippen LogP contribution in [0.1, 0.15) is 51.6 Å². The molecule has 0 spiro atoms. The second-order valence-corrected chi connectivity index (χ2v) is 10.1. The van der Waals surface area contributed by atoms with E-state index < -0.39 is 67.7 Å². The normalized spacial score (nSPS) is 14.9. The Morgan fingerprint density at radius 3 is 2.38 bits per heavy atom. The predicted octanol–water partition coefficient (Wildman–Crippen LogP) is 2.88. The highest BCUT2D eigenvalue weighted by molar-refractivity contribution is 7.90. The molecule has 1 heterocycles. The predicted molar refractivity (Wildman–Crippen MR) is 112 cm³/mol. The number of aliphatic carboxylic acids is 1. The van der Waals surface area contributed by atoms with E-state index in [0.29, 0.717) is 10.4 Å². The van der Waals surface area contributed by atoms with Gasteiger partial charge in [-0.25, -0.2) is 17.5 Å². The number of halogens is 4. The molecule has 2 aromatic carbocycles. The second-order valence-electron chi connectivity index (χ2n) is 7.46. The minimum Gasteiger partial charge on any atom is -0.545 e. The number of fused-ring (bicyclic) bond motifs is 1. The van der Waals surface area contributed by atoms with Gasteiger partial charge in [0.2, 0.25) is 0 Å². The number of aromatic carboxylic acids is 1. The molecule has 0 aromatic heterocycles. The number of nitrogens with zero attached hydrogens (tertiary/aromatic N) is 1. The number of carboxylic acid groups (broad SMARTS) is 2. The number of sulfonamides is 1. The smallest absolute Gasteiger partial charge is 0.501 e. The van der Waals surface area contributed by atoms with Crippen LogP contribution in [0.3, 0.4) is 0 Å². The maximum absolute atomic E-state index is 13.6. The van der Waals surface area contributed by atoms with Gasteiger partial charge < -0.3 is 19.7 Å². The van der Waals surface area contributed by atoms with Crippen molar-refractivity contribution in [2.24, 2.45) is 0 Å². The van der Waals surface area contributed by atoms with Gasteiger partial charge in [-0.05, 0) is 29.2 Å². The third-order valence-corrected chi connectivity index (χ3v) is 7.42. The molecule has 1 aliphatic rings. The number of benzene rings is 2. The van der Waals surface area contributed by atoms with E-state index in [0.717, 1.165) is 12.1 Å². The second kappa shape index (κ2) is 8.67. The highest BCUT2D eigenvalue weighted by Crippen LogP contribution is 2.41. The van der Waals surface area contributed by atoms with E-state index in [4.69, 9.17) is 28.3 Å². The molecule has 0 saturated carbocycles. The Morgan fingerprint density at radius 2 is 1.85 bits per heavy atom. The highest BCUT2D eigenvalue weighted by Gasteiger charge is 2.46. The molecule has 2 aromatic rings. The maximum atomic E-state index is 13.6. The van der Waals surface area contributed by atoms with Crippen LogP contribution in [0, 0.1) is 0 Å². The third-order valence-electron chi connectivity index (χ3n) is 4.92. The molecule has 182 valence electrons. The molecule has 1 amide bonds. The minimum absolute atomic E-state index is 0.0161. The number of ether oxygens (including phenoxy) is 1. The van der Waals surface area contributed by atoms with Gasteiger partial charge in [0.25, 0.3) is 15.9 Å². The summed E-state index contributed by atoms with van der Waals surface area (Å²) in [5.41, 5.74) is -0.986. The Balaban J connectivity index is 2.14. The molecule has 1 N–H and O–H groups in total. The van der Waals surface area contributed by atoms with Gasteiger partial charge in [-0.3, -0.25) is 4.79 Å². The summed E-state index contributed by atoms with van der Waals surface area (Å²) in [4.78, 5) is 34.5. The van der Waals surface area contributed by atoms with Gasteiger partial charge in [-0.1, -0.05) is 43.1 Å². The SMILES string of the molecule is CC(C)c1cc(OC(F)(F)C(=O)O)cc2c1C(=O)N(Cc1ccc(Cl)c(C(=O)[O-])c1Cl)S2(=O)=O. The van der Waals surface area contributed by atoms with Gasteiger partial charge in [0.05, 0.1) is 28.1 Å². The first-order valence-electron chi connectivity index (χ1n) is 9.33. The van der Waals surface area contributed by atoms with E-state index in [9.17, 15) is 36.7 Å². The fourth-order valence-corrected chi connectivity index (χ4v) is 5.49. The number of hydrogen-bond acceptors (Lipinski definition) is 7. The van der Waals surface area contributed by atoms with Gasteiger partial charge in [0.15, 0.2) is 0 Å². The zero-order chi connectivity index (χ0) is 25.7. The molecule has 0 bridgehead atoms. The molecule has 0 fully saturated rings. The van der Waals surface area contributed by atoms with Crippen molar-refractivity contribution in [3.05, 3.63) is 56.6 Å². The maximum Gasteiger partial charge on any atom is 0.501 e. The molecule has 0 aliphatic carbocycles. The summed E-state index contributed by atoms with van der Waals surface area (Å²) in [7, 11) is -4.65. The highest BCUT2D eigenvalue weighted by atomic mass is 35.5. The van der Waals surface area contributed by atoms with Crippen LogP contribution < -0.4 is 9.84 Å². The number of alkyl halides is 2. The minimum atomic E-state index is -4.66. The van der Waals surface area contributed by atoms with E-state index in [1.54, 1.807) is 13.8 Å². The third kappa shape index (κ3) is 4.28. The summed E-state index contributed by atoms with van der Waals surface area (Å²) in [6.45, 7) is 2.41. The number of hydrogen-bond donors (Lipinski definition) is 1. The van der Waals surface area contributed by atoms with E-state index in [1.807, 2.05) is 0 Å². The molecule has 0 radical (unpaired) electrons. The largest absolute Gasteiger partial charge is 0.545 e. The van der Waals surface area contributed by atoms with Crippen LogP contribution in [0.4, 0.5) is 8.78 Å². The standard InChI is InChI=1S/C20H15Cl2F2NO8S/c1-8(2)11-5-10(33-20(23,24)19(29)30)6-13-14(11)17(26)25(34(13,31)32)7-9-3-4-12(21)15(16(9)22)18(27)28/h3-6,8H,7H2,1-2H3,(H,27,28)(H,29,30)/p-1. The van der Waals surface area contributed by atoms with E-state index in [1.165, 1.54) is 6.07 Å². The zero-order valence-electron chi connectivity index (χ0n) is 17.3. The lowest BCUT2D eigenvalue weighted by molar-refractivity contribution is -0.255. The Kier molecular flexibility index (Phi) is 6.55. The summed E-state index contributed by atoms with van der Waals surface area (Å²) in [6, 6.07) is 3.93. The van der Waals surface area contributed by atoms with Gasteiger partial charge >= 0.3 is 12.1 Å². The quantitative estimate of drug-likeness (QED) is 0.569. The van der Waals surface area contributed by atoms with Crippen LogP contribution in [0.2, 0.25) is 10.0 Å². The van der Waals surface area contributed by atoms with Crippen molar-refractivity contribution in [1.82, 2.24) is 4.31 Å². The Bertz CT molecular complexity index is 1340. The molecular weight excluding hydrogens is 523 g/mol. The average Bonchev–Trinajstić information content (AvgIpc) is 2.89. The first kappa shape index (κ1) is 25.7. The number of rotatable bonds is 7. The molecule has 14 heteroatoms. The van der Waals surface area contributed by atoms with Crippen molar-refractivity contribution < 1.29 is 46.5 Å². The molecular formula is C20H14Cl2F2NO8S-. The van der Waals surface area contributed by atoms with Gasteiger partial charge in [-0.2, -0.15) is 8.78 Å². The number of carboxylic acids is 2. The molecule has 0 saturated heterocycles. The fraction of sp³-hybridized carbons (Fsp3) is 0.250. The van der Waals surface area contributed by atoms with E-state index >= 15 is 0 Å². The summed E-state index contributed by atoms with van der Waals surface area (Å²) in [5, 5.41) is 19.2. The first-order chi connectivity index (χ1) is 15.6. The van der Waals surface area contributed by atoms with Crippen molar-refractivity contribution in [2.45, 2.75) is 37.3 Å². The fourth-order valence-electron chi connectivity index (χ4n) is 3.32.